The Bertz CT molecular complexity index is 385. The van der Waals surface area contributed by atoms with Gasteiger partial charge in [0.05, 0.1) is 12.5 Å². The number of carbonyl (C=O) groups excluding carboxylic acids is 2. The first-order chi connectivity index (χ1) is 9.33. The first kappa shape index (κ1) is 18.1. The van der Waals surface area contributed by atoms with Crippen LogP contribution in [-0.4, -0.2) is 35.7 Å². The molecule has 0 radical (unpaired) electrons. The molecule has 0 rings (SSSR count). The van der Waals surface area contributed by atoms with Gasteiger partial charge in [0.1, 0.15) is 6.10 Å². The highest BCUT2D eigenvalue weighted by atomic mass is 16.6. The number of carboxylic acid groups (broad SMARTS) is 1. The van der Waals surface area contributed by atoms with E-state index in [0.29, 0.717) is 13.0 Å². The third-order valence-electron chi connectivity index (χ3n) is 2.72. The van der Waals surface area contributed by atoms with Gasteiger partial charge < -0.3 is 14.6 Å². The summed E-state index contributed by atoms with van der Waals surface area (Å²) in [4.78, 5) is 33.8. The molecule has 114 valence electrons. The van der Waals surface area contributed by atoms with Gasteiger partial charge in [-0.15, -0.1) is 0 Å². The van der Waals surface area contributed by atoms with Crippen LogP contribution in [0, 0.1) is 5.92 Å². The first-order valence-electron chi connectivity index (χ1n) is 6.62. The standard InChI is InChI=1S/C14H22O6/c1-5-7-19-14(18)10(4)11(6-2)20-12(15)8-9(3)13(16)17/h8,10-11H,5-7H2,1-4H3,(H,16,17)/b9-8-. The van der Waals surface area contributed by atoms with E-state index in [1.54, 1.807) is 13.8 Å². The number of hydrogen-bond acceptors (Lipinski definition) is 5. The smallest absolute Gasteiger partial charge is 0.331 e. The van der Waals surface area contributed by atoms with E-state index in [1.807, 2.05) is 6.92 Å². The number of carboxylic acids is 1. The van der Waals surface area contributed by atoms with Crippen molar-refractivity contribution in [3.8, 4) is 0 Å². The molecule has 0 aliphatic heterocycles. The lowest BCUT2D eigenvalue weighted by molar-refractivity contribution is -0.158. The summed E-state index contributed by atoms with van der Waals surface area (Å²) >= 11 is 0. The van der Waals surface area contributed by atoms with E-state index in [2.05, 4.69) is 0 Å². The summed E-state index contributed by atoms with van der Waals surface area (Å²) in [5.74, 6) is -2.98. The molecule has 0 aliphatic carbocycles. The quantitative estimate of drug-likeness (QED) is 0.541. The number of aliphatic carboxylic acids is 1. The van der Waals surface area contributed by atoms with Crippen molar-refractivity contribution < 1.29 is 29.0 Å². The van der Waals surface area contributed by atoms with Gasteiger partial charge in [-0.3, -0.25) is 4.79 Å². The molecule has 2 atom stereocenters. The summed E-state index contributed by atoms with van der Waals surface area (Å²) in [5, 5.41) is 8.67. The van der Waals surface area contributed by atoms with Gasteiger partial charge in [-0.05, 0) is 26.7 Å². The van der Waals surface area contributed by atoms with Crippen molar-refractivity contribution in [3.05, 3.63) is 11.6 Å². The molecule has 0 heterocycles. The van der Waals surface area contributed by atoms with Crippen LogP contribution in [0.3, 0.4) is 0 Å². The number of hydrogen-bond donors (Lipinski definition) is 1. The topological polar surface area (TPSA) is 89.9 Å². The second kappa shape index (κ2) is 9.12. The third-order valence-corrected chi connectivity index (χ3v) is 2.72. The Kier molecular flexibility index (Phi) is 8.27. The molecule has 0 aromatic heterocycles. The second-order valence-electron chi connectivity index (χ2n) is 4.47. The second-order valence-corrected chi connectivity index (χ2v) is 4.47. The van der Waals surface area contributed by atoms with Gasteiger partial charge in [0, 0.05) is 11.6 Å². The molecule has 0 amide bonds. The van der Waals surface area contributed by atoms with Crippen LogP contribution in [0.15, 0.2) is 11.6 Å². The number of esters is 2. The SMILES string of the molecule is CCCOC(=O)C(C)C(CC)OC(=O)/C=C(/C)C(=O)O. The zero-order valence-corrected chi connectivity index (χ0v) is 12.3. The van der Waals surface area contributed by atoms with Gasteiger partial charge in [0.15, 0.2) is 0 Å². The zero-order valence-electron chi connectivity index (χ0n) is 12.3. The largest absolute Gasteiger partial charge is 0.478 e. The molecular weight excluding hydrogens is 264 g/mol. The molecule has 6 nitrogen and oxygen atoms in total. The maximum absolute atomic E-state index is 11.7. The monoisotopic (exact) mass is 286 g/mol. The molecule has 0 aromatic rings. The van der Waals surface area contributed by atoms with Gasteiger partial charge in [0.2, 0.25) is 0 Å². The van der Waals surface area contributed by atoms with Crippen LogP contribution < -0.4 is 0 Å². The molecule has 0 saturated carbocycles. The molecule has 0 spiro atoms. The number of rotatable bonds is 8. The lowest BCUT2D eigenvalue weighted by Gasteiger charge is -2.21. The molecule has 1 N–H and O–H groups in total. The van der Waals surface area contributed by atoms with E-state index in [1.165, 1.54) is 6.92 Å². The van der Waals surface area contributed by atoms with Crippen molar-refractivity contribution in [3.63, 3.8) is 0 Å². The molecule has 0 aliphatic rings. The maximum Gasteiger partial charge on any atom is 0.331 e. The molecule has 0 saturated heterocycles. The minimum Gasteiger partial charge on any atom is -0.478 e. The predicted octanol–water partition coefficient (Wildman–Crippen LogP) is 1.93. The van der Waals surface area contributed by atoms with Crippen molar-refractivity contribution in [2.45, 2.75) is 46.6 Å². The Hall–Kier alpha value is -1.85. The fourth-order valence-electron chi connectivity index (χ4n) is 1.45. The fraction of sp³-hybridized carbons (Fsp3) is 0.643. The molecule has 20 heavy (non-hydrogen) atoms. The van der Waals surface area contributed by atoms with Crippen LogP contribution in [0.5, 0.6) is 0 Å². The lowest BCUT2D eigenvalue weighted by atomic mass is 10.0. The first-order valence-corrected chi connectivity index (χ1v) is 6.62. The highest BCUT2D eigenvalue weighted by molar-refractivity contribution is 5.94. The van der Waals surface area contributed by atoms with Crippen LogP contribution in [0.25, 0.3) is 0 Å². The Balaban J connectivity index is 4.61. The van der Waals surface area contributed by atoms with Crippen molar-refractivity contribution in [1.29, 1.82) is 0 Å². The summed E-state index contributed by atoms with van der Waals surface area (Å²) in [6, 6.07) is 0. The highest BCUT2D eigenvalue weighted by Gasteiger charge is 2.27. The van der Waals surface area contributed by atoms with Crippen LogP contribution in [0.1, 0.15) is 40.5 Å². The van der Waals surface area contributed by atoms with Gasteiger partial charge in [-0.2, -0.15) is 0 Å². The van der Waals surface area contributed by atoms with E-state index < -0.39 is 29.9 Å². The van der Waals surface area contributed by atoms with E-state index in [9.17, 15) is 14.4 Å². The molecule has 0 fully saturated rings. The zero-order chi connectivity index (χ0) is 15.7. The van der Waals surface area contributed by atoms with Crippen LogP contribution in [0.2, 0.25) is 0 Å². The van der Waals surface area contributed by atoms with Crippen molar-refractivity contribution in [1.82, 2.24) is 0 Å². The number of carbonyl (C=O) groups is 3. The van der Waals surface area contributed by atoms with Crippen molar-refractivity contribution in [2.75, 3.05) is 6.61 Å². The minimum absolute atomic E-state index is 0.119. The number of ether oxygens (including phenoxy) is 2. The van der Waals surface area contributed by atoms with Gasteiger partial charge in [-0.25, -0.2) is 9.59 Å². The highest BCUT2D eigenvalue weighted by Crippen LogP contribution is 2.14. The Morgan fingerprint density at radius 3 is 2.30 bits per heavy atom. The van der Waals surface area contributed by atoms with Gasteiger partial charge in [-0.1, -0.05) is 13.8 Å². The summed E-state index contributed by atoms with van der Waals surface area (Å²) < 4.78 is 10.1. The van der Waals surface area contributed by atoms with Crippen LogP contribution in [-0.2, 0) is 23.9 Å². The predicted molar refractivity (Wildman–Crippen MR) is 72.0 cm³/mol. The Morgan fingerprint density at radius 1 is 1.25 bits per heavy atom. The van der Waals surface area contributed by atoms with E-state index >= 15 is 0 Å². The maximum atomic E-state index is 11.7. The van der Waals surface area contributed by atoms with E-state index in [-0.39, 0.29) is 5.57 Å². The van der Waals surface area contributed by atoms with Crippen molar-refractivity contribution >= 4 is 17.9 Å². The fourth-order valence-corrected chi connectivity index (χ4v) is 1.45. The van der Waals surface area contributed by atoms with Gasteiger partial charge in [0.25, 0.3) is 0 Å². The summed E-state index contributed by atoms with van der Waals surface area (Å²) in [7, 11) is 0. The van der Waals surface area contributed by atoms with Crippen molar-refractivity contribution in [2.24, 2.45) is 5.92 Å². The van der Waals surface area contributed by atoms with Crippen LogP contribution in [0.4, 0.5) is 0 Å². The van der Waals surface area contributed by atoms with E-state index in [4.69, 9.17) is 14.6 Å². The normalized spacial score (nSPS) is 14.3. The average Bonchev–Trinajstić information content (AvgIpc) is 2.40. The molecule has 0 bridgehead atoms. The Morgan fingerprint density at radius 2 is 1.85 bits per heavy atom. The molecule has 6 heteroatoms. The van der Waals surface area contributed by atoms with Crippen LogP contribution >= 0.6 is 0 Å². The lowest BCUT2D eigenvalue weighted by Crippen LogP contribution is -2.31. The van der Waals surface area contributed by atoms with E-state index in [0.717, 1.165) is 12.5 Å². The molecule has 0 aromatic carbocycles. The molecular formula is C14H22O6. The third kappa shape index (κ3) is 6.36. The summed E-state index contributed by atoms with van der Waals surface area (Å²) in [5.41, 5.74) is -0.119. The molecule has 2 unspecified atom stereocenters. The summed E-state index contributed by atoms with van der Waals surface area (Å²) in [6.45, 7) is 6.90. The minimum atomic E-state index is -1.19. The van der Waals surface area contributed by atoms with Gasteiger partial charge >= 0.3 is 17.9 Å². The summed E-state index contributed by atoms with van der Waals surface area (Å²) in [6.07, 6.45) is 1.42. The Labute approximate surface area is 118 Å². The average molecular weight is 286 g/mol.